The Labute approximate surface area is 137 Å². The van der Waals surface area contributed by atoms with Crippen LogP contribution in [0.25, 0.3) is 0 Å². The highest BCUT2D eigenvalue weighted by Gasteiger charge is 2.36. The van der Waals surface area contributed by atoms with E-state index in [0.29, 0.717) is 0 Å². The molecule has 3 saturated carbocycles. The largest absolute Gasteiger partial charge is 0.0679 e. The van der Waals surface area contributed by atoms with Gasteiger partial charge in [0.1, 0.15) is 0 Å². The Kier molecular flexibility index (Phi) is 4.76. The Morgan fingerprint density at radius 2 is 0.818 bits per heavy atom. The third-order valence-corrected chi connectivity index (χ3v) is 5.62. The molecule has 3 fully saturated rings. The Hall–Kier alpha value is -1.04. The van der Waals surface area contributed by atoms with E-state index in [9.17, 15) is 0 Å². The second kappa shape index (κ2) is 6.60. The van der Waals surface area contributed by atoms with Crippen LogP contribution in [-0.2, 0) is 0 Å². The van der Waals surface area contributed by atoms with Crippen LogP contribution in [0.2, 0.25) is 0 Å². The lowest BCUT2D eigenvalue weighted by molar-refractivity contribution is 0.584. The average Bonchev–Trinajstić information content (AvgIpc) is 2.47. The molecule has 0 nitrogen and oxygen atoms in total. The molecule has 0 spiro atoms. The van der Waals surface area contributed by atoms with Crippen LogP contribution in [-0.4, -0.2) is 0 Å². The van der Waals surface area contributed by atoms with Gasteiger partial charge in [-0.25, -0.2) is 0 Å². The Balaban J connectivity index is 2.15. The molecule has 0 aromatic carbocycles. The van der Waals surface area contributed by atoms with E-state index in [0.717, 1.165) is 0 Å². The molecule has 0 unspecified atom stereocenters. The summed E-state index contributed by atoms with van der Waals surface area (Å²) in [6.45, 7) is 9.24. The van der Waals surface area contributed by atoms with Crippen LogP contribution in [0.15, 0.2) is 44.6 Å². The van der Waals surface area contributed by atoms with Gasteiger partial charge >= 0.3 is 0 Å². The van der Waals surface area contributed by atoms with Crippen LogP contribution in [0.4, 0.5) is 0 Å². The normalized spacial score (nSPS) is 22.9. The molecule has 120 valence electrons. The van der Waals surface area contributed by atoms with E-state index in [1.54, 1.807) is 33.4 Å². The second-order valence-electron chi connectivity index (χ2n) is 7.83. The van der Waals surface area contributed by atoms with Crippen LogP contribution >= 0.6 is 0 Å². The van der Waals surface area contributed by atoms with Crippen molar-refractivity contribution in [3.05, 3.63) is 44.6 Å². The van der Waals surface area contributed by atoms with Gasteiger partial charge in [-0.2, -0.15) is 0 Å². The van der Waals surface area contributed by atoms with E-state index in [-0.39, 0.29) is 0 Å². The molecule has 0 radical (unpaired) electrons. The monoisotopic (exact) mass is 296 g/mol. The van der Waals surface area contributed by atoms with Gasteiger partial charge in [-0.15, -0.1) is 0 Å². The summed E-state index contributed by atoms with van der Waals surface area (Å²) in [6, 6.07) is 0. The van der Waals surface area contributed by atoms with Crippen LogP contribution in [0.5, 0.6) is 0 Å². The highest BCUT2D eigenvalue weighted by molar-refractivity contribution is 5.82. The van der Waals surface area contributed by atoms with E-state index in [4.69, 9.17) is 0 Å². The van der Waals surface area contributed by atoms with Crippen molar-refractivity contribution in [2.45, 2.75) is 91.9 Å². The zero-order chi connectivity index (χ0) is 15.7. The molecule has 22 heavy (non-hydrogen) atoms. The summed E-state index contributed by atoms with van der Waals surface area (Å²) in [5.41, 5.74) is 13.2. The standard InChI is InChI=1S/C22H32/c1-15(2)19-20(16(3)4)22(18-13-9-6-10-14-18)21(19)17-11-7-5-8-12-17/h5-14H2,1-4H3. The van der Waals surface area contributed by atoms with E-state index in [1.807, 2.05) is 0 Å². The minimum Gasteiger partial charge on any atom is -0.0679 e. The predicted molar refractivity (Wildman–Crippen MR) is 97.0 cm³/mol. The molecule has 0 atom stereocenters. The number of allylic oxidation sites excluding steroid dienone is 8. The molecule has 3 aliphatic rings. The SMILES string of the molecule is CC(C)=C1C(=C(C)C)C(=C2CCCCC2)C1=C1CCCCC1. The van der Waals surface area contributed by atoms with Crippen LogP contribution in [0, 0.1) is 0 Å². The third-order valence-electron chi connectivity index (χ3n) is 5.62. The lowest BCUT2D eigenvalue weighted by atomic mass is 9.64. The fourth-order valence-electron chi connectivity index (χ4n) is 4.60. The highest BCUT2D eigenvalue weighted by Crippen LogP contribution is 2.54. The first-order valence-electron chi connectivity index (χ1n) is 9.41. The summed E-state index contributed by atoms with van der Waals surface area (Å²) >= 11 is 0. The summed E-state index contributed by atoms with van der Waals surface area (Å²) in [7, 11) is 0. The molecular formula is C22H32. The van der Waals surface area contributed by atoms with E-state index in [2.05, 4.69) is 27.7 Å². The summed E-state index contributed by atoms with van der Waals surface area (Å²) in [5, 5.41) is 0. The van der Waals surface area contributed by atoms with Gasteiger partial charge < -0.3 is 0 Å². The lowest BCUT2D eigenvalue weighted by Gasteiger charge is -2.40. The predicted octanol–water partition coefficient (Wildman–Crippen LogP) is 7.19. The van der Waals surface area contributed by atoms with Gasteiger partial charge in [0.15, 0.2) is 0 Å². The highest BCUT2D eigenvalue weighted by atomic mass is 14.4. The van der Waals surface area contributed by atoms with Crippen molar-refractivity contribution in [3.8, 4) is 0 Å². The molecule has 0 aliphatic heterocycles. The molecule has 0 amide bonds. The summed E-state index contributed by atoms with van der Waals surface area (Å²) in [4.78, 5) is 0. The van der Waals surface area contributed by atoms with Crippen molar-refractivity contribution < 1.29 is 0 Å². The molecule has 0 aromatic heterocycles. The maximum Gasteiger partial charge on any atom is -0.0108 e. The van der Waals surface area contributed by atoms with Crippen LogP contribution in [0.3, 0.4) is 0 Å². The lowest BCUT2D eigenvalue weighted by Crippen LogP contribution is -2.22. The quantitative estimate of drug-likeness (QED) is 0.443. The van der Waals surface area contributed by atoms with E-state index < -0.39 is 0 Å². The fourth-order valence-corrected chi connectivity index (χ4v) is 4.60. The minimum absolute atomic E-state index is 1.35. The van der Waals surface area contributed by atoms with Gasteiger partial charge in [-0.1, -0.05) is 35.1 Å². The number of rotatable bonds is 0. The molecule has 3 rings (SSSR count). The molecule has 0 bridgehead atoms. The van der Waals surface area contributed by atoms with Gasteiger partial charge in [-0.3, -0.25) is 0 Å². The number of hydrogen-bond donors (Lipinski definition) is 0. The number of hydrogen-bond acceptors (Lipinski definition) is 0. The van der Waals surface area contributed by atoms with Crippen molar-refractivity contribution in [3.63, 3.8) is 0 Å². The van der Waals surface area contributed by atoms with Crippen LogP contribution in [0.1, 0.15) is 91.9 Å². The van der Waals surface area contributed by atoms with Crippen molar-refractivity contribution in [1.29, 1.82) is 0 Å². The maximum atomic E-state index is 2.31. The smallest absolute Gasteiger partial charge is 0.0108 e. The molecule has 0 N–H and O–H groups in total. The molecule has 0 saturated heterocycles. The zero-order valence-corrected chi connectivity index (χ0v) is 15.1. The van der Waals surface area contributed by atoms with Crippen molar-refractivity contribution in [2.75, 3.05) is 0 Å². The van der Waals surface area contributed by atoms with Gasteiger partial charge in [0, 0.05) is 0 Å². The summed E-state index contributed by atoms with van der Waals surface area (Å²) in [5.74, 6) is 0. The van der Waals surface area contributed by atoms with Gasteiger partial charge in [-0.05, 0) is 101 Å². The Bertz CT molecular complexity index is 512. The van der Waals surface area contributed by atoms with Gasteiger partial charge in [0.05, 0.1) is 0 Å². The van der Waals surface area contributed by atoms with Gasteiger partial charge in [0.25, 0.3) is 0 Å². The van der Waals surface area contributed by atoms with E-state index in [1.165, 1.54) is 75.4 Å². The Morgan fingerprint density at radius 3 is 1.09 bits per heavy atom. The van der Waals surface area contributed by atoms with Crippen molar-refractivity contribution >= 4 is 0 Å². The maximum absolute atomic E-state index is 2.31. The third kappa shape index (κ3) is 2.77. The Morgan fingerprint density at radius 1 is 0.500 bits per heavy atom. The minimum atomic E-state index is 1.35. The van der Waals surface area contributed by atoms with Crippen molar-refractivity contribution in [2.24, 2.45) is 0 Å². The average molecular weight is 296 g/mol. The van der Waals surface area contributed by atoms with E-state index >= 15 is 0 Å². The molecule has 0 aromatic rings. The molecule has 0 heterocycles. The van der Waals surface area contributed by atoms with Crippen LogP contribution < -0.4 is 0 Å². The van der Waals surface area contributed by atoms with Crippen molar-refractivity contribution in [1.82, 2.24) is 0 Å². The topological polar surface area (TPSA) is 0 Å². The molecule has 3 aliphatic carbocycles. The first-order chi connectivity index (χ1) is 10.6. The second-order valence-corrected chi connectivity index (χ2v) is 7.83. The van der Waals surface area contributed by atoms with Gasteiger partial charge in [0.2, 0.25) is 0 Å². The molecule has 0 heteroatoms. The summed E-state index contributed by atoms with van der Waals surface area (Å²) in [6.07, 6.45) is 13.9. The zero-order valence-electron chi connectivity index (χ0n) is 15.1. The summed E-state index contributed by atoms with van der Waals surface area (Å²) < 4.78 is 0. The molecular weight excluding hydrogens is 264 g/mol. The first-order valence-corrected chi connectivity index (χ1v) is 9.41. The fraction of sp³-hybridized carbons (Fsp3) is 0.636. The first kappa shape index (κ1) is 15.8.